The van der Waals surface area contributed by atoms with Gasteiger partial charge in [0.2, 0.25) is 11.9 Å². The van der Waals surface area contributed by atoms with Gasteiger partial charge in [-0.05, 0) is 30.3 Å². The van der Waals surface area contributed by atoms with Gasteiger partial charge >= 0.3 is 0 Å². The van der Waals surface area contributed by atoms with Crippen molar-refractivity contribution in [1.82, 2.24) is 15.0 Å². The van der Waals surface area contributed by atoms with E-state index in [1.165, 1.54) is 6.92 Å². The van der Waals surface area contributed by atoms with Crippen molar-refractivity contribution in [3.8, 4) is 0 Å². The van der Waals surface area contributed by atoms with Gasteiger partial charge in [-0.2, -0.15) is 9.97 Å². The van der Waals surface area contributed by atoms with Crippen LogP contribution in [0.4, 0.5) is 23.1 Å². The Morgan fingerprint density at radius 3 is 2.57 bits per heavy atom. The summed E-state index contributed by atoms with van der Waals surface area (Å²) in [6.07, 6.45) is 1.83. The summed E-state index contributed by atoms with van der Waals surface area (Å²) in [5.41, 5.74) is 2.44. The number of anilines is 4. The molecule has 7 heteroatoms. The van der Waals surface area contributed by atoms with E-state index in [2.05, 4.69) is 25.6 Å². The zero-order valence-electron chi connectivity index (χ0n) is 13.2. The molecule has 1 aromatic carbocycles. The van der Waals surface area contributed by atoms with E-state index < -0.39 is 0 Å². The number of hydrogen-bond acceptors (Lipinski definition) is 5. The van der Waals surface area contributed by atoms with Gasteiger partial charge in [-0.1, -0.05) is 0 Å². The van der Waals surface area contributed by atoms with Gasteiger partial charge in [0.1, 0.15) is 11.5 Å². The lowest BCUT2D eigenvalue weighted by molar-refractivity contribution is -0.116. The van der Waals surface area contributed by atoms with Gasteiger partial charge in [0, 0.05) is 38.6 Å². The highest BCUT2D eigenvalue weighted by atomic mass is 16.2. The molecule has 0 aliphatic heterocycles. The number of aromatic amines is 1. The summed E-state index contributed by atoms with van der Waals surface area (Å²) >= 11 is 0. The highest BCUT2D eigenvalue weighted by Gasteiger charge is 2.09. The van der Waals surface area contributed by atoms with E-state index in [1.807, 2.05) is 43.6 Å². The van der Waals surface area contributed by atoms with Crippen molar-refractivity contribution >= 4 is 40.1 Å². The first-order valence-electron chi connectivity index (χ1n) is 7.23. The third kappa shape index (κ3) is 2.94. The Morgan fingerprint density at radius 1 is 1.17 bits per heavy atom. The van der Waals surface area contributed by atoms with Gasteiger partial charge < -0.3 is 20.5 Å². The van der Waals surface area contributed by atoms with E-state index in [-0.39, 0.29) is 5.91 Å². The quantitative estimate of drug-likeness (QED) is 0.690. The summed E-state index contributed by atoms with van der Waals surface area (Å²) < 4.78 is 0. The topological polar surface area (TPSA) is 85.9 Å². The number of H-pyrrole nitrogens is 1. The summed E-state index contributed by atoms with van der Waals surface area (Å²) in [6.45, 7) is 1.53. The Bertz CT molecular complexity index is 839. The molecular weight excluding hydrogens is 292 g/mol. The Kier molecular flexibility index (Phi) is 3.84. The maximum atomic E-state index is 11.4. The molecule has 3 rings (SSSR count). The van der Waals surface area contributed by atoms with Crippen LogP contribution in [0.15, 0.2) is 36.5 Å². The predicted molar refractivity (Wildman–Crippen MR) is 92.2 cm³/mol. The zero-order chi connectivity index (χ0) is 16.4. The van der Waals surface area contributed by atoms with Crippen LogP contribution in [0.5, 0.6) is 0 Å². The molecule has 0 unspecified atom stereocenters. The first-order chi connectivity index (χ1) is 11.1. The van der Waals surface area contributed by atoms with E-state index in [4.69, 9.17) is 0 Å². The molecule has 1 amide bonds. The SMILES string of the molecule is CNc1nc(Nc2ccc(N(C)C(C)=O)cc2)nc2[nH]ccc12. The molecule has 3 aromatic rings. The lowest BCUT2D eigenvalue weighted by Gasteiger charge is -2.15. The van der Waals surface area contributed by atoms with Crippen molar-refractivity contribution in [2.75, 3.05) is 29.6 Å². The van der Waals surface area contributed by atoms with E-state index in [0.29, 0.717) is 5.95 Å². The van der Waals surface area contributed by atoms with Crippen molar-refractivity contribution in [3.05, 3.63) is 36.5 Å². The fraction of sp³-hybridized carbons (Fsp3) is 0.188. The third-order valence-electron chi connectivity index (χ3n) is 3.64. The fourth-order valence-corrected chi connectivity index (χ4v) is 2.27. The molecule has 23 heavy (non-hydrogen) atoms. The van der Waals surface area contributed by atoms with Crippen LogP contribution < -0.4 is 15.5 Å². The largest absolute Gasteiger partial charge is 0.372 e. The minimum atomic E-state index is -0.00935. The van der Waals surface area contributed by atoms with Crippen LogP contribution in [-0.4, -0.2) is 35.0 Å². The molecule has 118 valence electrons. The average molecular weight is 310 g/mol. The van der Waals surface area contributed by atoms with Crippen molar-refractivity contribution in [2.24, 2.45) is 0 Å². The highest BCUT2D eigenvalue weighted by molar-refractivity contribution is 5.91. The average Bonchev–Trinajstić information content (AvgIpc) is 3.02. The van der Waals surface area contributed by atoms with E-state index in [9.17, 15) is 4.79 Å². The molecule has 0 spiro atoms. The molecule has 0 fully saturated rings. The monoisotopic (exact) mass is 310 g/mol. The third-order valence-corrected chi connectivity index (χ3v) is 3.64. The van der Waals surface area contributed by atoms with Gasteiger partial charge in [0.05, 0.1) is 5.39 Å². The molecule has 0 aliphatic carbocycles. The standard InChI is InChI=1S/C16H18N6O/c1-10(23)22(3)12-6-4-11(5-7-12)19-16-20-14(17-2)13-8-9-18-15(13)21-16/h4-9H,1-3H3,(H3,17,18,19,20,21). The second kappa shape index (κ2) is 5.96. The number of fused-ring (bicyclic) bond motifs is 1. The Hall–Kier alpha value is -3.09. The number of nitrogens with zero attached hydrogens (tertiary/aromatic N) is 3. The van der Waals surface area contributed by atoms with Gasteiger partial charge in [-0.25, -0.2) is 0 Å². The Balaban J connectivity index is 1.85. The van der Waals surface area contributed by atoms with Crippen LogP contribution in [0, 0.1) is 0 Å². The molecule has 2 aromatic heterocycles. The number of benzene rings is 1. The molecule has 0 radical (unpaired) electrons. The minimum absolute atomic E-state index is 0.00935. The molecule has 7 nitrogen and oxygen atoms in total. The fourth-order valence-electron chi connectivity index (χ4n) is 2.27. The van der Waals surface area contributed by atoms with E-state index in [0.717, 1.165) is 28.2 Å². The van der Waals surface area contributed by atoms with Crippen molar-refractivity contribution < 1.29 is 4.79 Å². The summed E-state index contributed by atoms with van der Waals surface area (Å²) in [6, 6.07) is 9.44. The van der Waals surface area contributed by atoms with Gasteiger partial charge in [0.25, 0.3) is 0 Å². The maximum absolute atomic E-state index is 11.4. The number of carbonyl (C=O) groups excluding carboxylic acids is 1. The first kappa shape index (κ1) is 14.8. The zero-order valence-corrected chi connectivity index (χ0v) is 13.2. The van der Waals surface area contributed by atoms with Crippen LogP contribution >= 0.6 is 0 Å². The smallest absolute Gasteiger partial charge is 0.231 e. The normalized spacial score (nSPS) is 10.6. The van der Waals surface area contributed by atoms with Gasteiger partial charge in [-0.3, -0.25) is 4.79 Å². The highest BCUT2D eigenvalue weighted by Crippen LogP contribution is 2.23. The number of nitrogens with one attached hydrogen (secondary N) is 3. The van der Waals surface area contributed by atoms with Crippen molar-refractivity contribution in [1.29, 1.82) is 0 Å². The Labute approximate surface area is 133 Å². The van der Waals surface area contributed by atoms with Crippen LogP contribution in [-0.2, 0) is 4.79 Å². The number of carbonyl (C=O) groups is 1. The first-order valence-corrected chi connectivity index (χ1v) is 7.23. The minimum Gasteiger partial charge on any atom is -0.372 e. The summed E-state index contributed by atoms with van der Waals surface area (Å²) in [4.78, 5) is 24.9. The van der Waals surface area contributed by atoms with Gasteiger partial charge in [0.15, 0.2) is 0 Å². The molecule has 0 saturated heterocycles. The number of hydrogen-bond donors (Lipinski definition) is 3. The van der Waals surface area contributed by atoms with Crippen molar-refractivity contribution in [3.63, 3.8) is 0 Å². The van der Waals surface area contributed by atoms with Crippen LogP contribution in [0.1, 0.15) is 6.92 Å². The van der Waals surface area contributed by atoms with Crippen LogP contribution in [0.2, 0.25) is 0 Å². The lowest BCUT2D eigenvalue weighted by atomic mass is 10.2. The number of rotatable bonds is 4. The molecule has 2 heterocycles. The number of aromatic nitrogens is 3. The van der Waals surface area contributed by atoms with Crippen LogP contribution in [0.3, 0.4) is 0 Å². The number of amides is 1. The van der Waals surface area contributed by atoms with E-state index in [1.54, 1.807) is 11.9 Å². The lowest BCUT2D eigenvalue weighted by Crippen LogP contribution is -2.22. The second-order valence-electron chi connectivity index (χ2n) is 5.14. The Morgan fingerprint density at radius 2 is 1.91 bits per heavy atom. The maximum Gasteiger partial charge on any atom is 0.231 e. The van der Waals surface area contributed by atoms with E-state index >= 15 is 0 Å². The molecule has 0 aliphatic rings. The molecule has 0 atom stereocenters. The predicted octanol–water partition coefficient (Wildman–Crippen LogP) is 2.73. The molecular formula is C16H18N6O. The molecule has 0 saturated carbocycles. The summed E-state index contributed by atoms with van der Waals surface area (Å²) in [7, 11) is 3.57. The summed E-state index contributed by atoms with van der Waals surface area (Å²) in [5.74, 6) is 1.24. The van der Waals surface area contributed by atoms with Crippen LogP contribution in [0.25, 0.3) is 11.0 Å². The second-order valence-corrected chi connectivity index (χ2v) is 5.14. The van der Waals surface area contributed by atoms with Gasteiger partial charge in [-0.15, -0.1) is 0 Å². The van der Waals surface area contributed by atoms with Crippen molar-refractivity contribution in [2.45, 2.75) is 6.92 Å². The summed E-state index contributed by atoms with van der Waals surface area (Å²) in [5, 5.41) is 7.17. The molecule has 0 bridgehead atoms. The molecule has 3 N–H and O–H groups in total.